The molecular formula is C12H10BrN3S. The van der Waals surface area contributed by atoms with E-state index in [1.54, 1.807) is 17.5 Å². The number of thiophene rings is 1. The number of aromatic nitrogens is 3. The molecule has 0 amide bonds. The Morgan fingerprint density at radius 2 is 2.35 bits per heavy atom. The zero-order valence-corrected chi connectivity index (χ0v) is 11.6. The second-order valence-corrected chi connectivity index (χ2v) is 5.57. The number of rotatable bonds is 2. The Morgan fingerprint density at radius 1 is 1.47 bits per heavy atom. The van der Waals surface area contributed by atoms with Crippen LogP contribution in [0, 0.1) is 0 Å². The van der Waals surface area contributed by atoms with Crippen LogP contribution in [-0.2, 0) is 6.42 Å². The maximum absolute atomic E-state index is 4.53. The highest BCUT2D eigenvalue weighted by Crippen LogP contribution is 2.29. The number of fused-ring (bicyclic) bond motifs is 1. The normalized spacial score (nSPS) is 11.2. The fraction of sp³-hybridized carbons (Fsp3) is 0.167. The number of nitrogens with zero attached hydrogens (tertiary/aromatic N) is 2. The van der Waals surface area contributed by atoms with Gasteiger partial charge in [0.2, 0.25) is 0 Å². The minimum atomic E-state index is 0.763. The first-order valence-corrected chi connectivity index (χ1v) is 7.03. The highest BCUT2D eigenvalue weighted by molar-refractivity contribution is 9.10. The van der Waals surface area contributed by atoms with Crippen LogP contribution in [0.2, 0.25) is 0 Å². The molecule has 3 nitrogen and oxygen atoms in total. The van der Waals surface area contributed by atoms with Gasteiger partial charge in [-0.2, -0.15) is 0 Å². The lowest BCUT2D eigenvalue weighted by molar-refractivity contribution is 1.15. The molecule has 17 heavy (non-hydrogen) atoms. The number of pyridine rings is 1. The van der Waals surface area contributed by atoms with Gasteiger partial charge in [-0.15, -0.1) is 11.3 Å². The SMILES string of the molecule is CCc1ccsc1-c1nc2ncc(Br)cc2[nH]1. The third-order valence-electron chi connectivity index (χ3n) is 2.65. The van der Waals surface area contributed by atoms with Gasteiger partial charge in [-0.3, -0.25) is 0 Å². The molecule has 0 aliphatic carbocycles. The summed E-state index contributed by atoms with van der Waals surface area (Å²) in [5, 5.41) is 2.10. The maximum Gasteiger partial charge on any atom is 0.178 e. The van der Waals surface area contributed by atoms with Gasteiger partial charge in [-0.25, -0.2) is 9.97 Å². The van der Waals surface area contributed by atoms with E-state index < -0.39 is 0 Å². The van der Waals surface area contributed by atoms with Crippen LogP contribution in [0.15, 0.2) is 28.2 Å². The number of hydrogen-bond donors (Lipinski definition) is 1. The van der Waals surface area contributed by atoms with E-state index in [9.17, 15) is 0 Å². The minimum absolute atomic E-state index is 0.763. The van der Waals surface area contributed by atoms with Crippen molar-refractivity contribution in [1.82, 2.24) is 15.0 Å². The number of H-pyrrole nitrogens is 1. The van der Waals surface area contributed by atoms with Crippen LogP contribution in [-0.4, -0.2) is 15.0 Å². The molecule has 0 atom stereocenters. The van der Waals surface area contributed by atoms with Crippen molar-refractivity contribution < 1.29 is 0 Å². The van der Waals surface area contributed by atoms with E-state index in [1.807, 2.05) is 6.07 Å². The lowest BCUT2D eigenvalue weighted by Gasteiger charge is -1.95. The molecule has 86 valence electrons. The van der Waals surface area contributed by atoms with Crippen LogP contribution in [0.3, 0.4) is 0 Å². The molecule has 0 aliphatic rings. The predicted octanol–water partition coefficient (Wildman–Crippen LogP) is 4.01. The van der Waals surface area contributed by atoms with E-state index in [-0.39, 0.29) is 0 Å². The van der Waals surface area contributed by atoms with Crippen molar-refractivity contribution in [3.05, 3.63) is 33.7 Å². The van der Waals surface area contributed by atoms with Gasteiger partial charge < -0.3 is 4.98 Å². The molecule has 3 rings (SSSR count). The number of aromatic amines is 1. The molecule has 0 aliphatic heterocycles. The first-order valence-electron chi connectivity index (χ1n) is 5.36. The average molecular weight is 308 g/mol. The lowest BCUT2D eigenvalue weighted by Crippen LogP contribution is -1.82. The van der Waals surface area contributed by atoms with E-state index in [2.05, 4.69) is 49.3 Å². The average Bonchev–Trinajstić information content (AvgIpc) is 2.93. The molecule has 0 radical (unpaired) electrons. The lowest BCUT2D eigenvalue weighted by atomic mass is 10.2. The molecule has 5 heteroatoms. The third kappa shape index (κ3) is 1.89. The smallest absolute Gasteiger partial charge is 0.178 e. The highest BCUT2D eigenvalue weighted by atomic mass is 79.9. The summed E-state index contributed by atoms with van der Waals surface area (Å²) in [5.74, 6) is 0.914. The highest BCUT2D eigenvalue weighted by Gasteiger charge is 2.11. The second kappa shape index (κ2) is 4.23. The Morgan fingerprint density at radius 3 is 3.18 bits per heavy atom. The minimum Gasteiger partial charge on any atom is -0.336 e. The zero-order chi connectivity index (χ0) is 11.8. The van der Waals surface area contributed by atoms with Gasteiger partial charge in [-0.05, 0) is 45.4 Å². The summed E-state index contributed by atoms with van der Waals surface area (Å²) in [6, 6.07) is 4.15. The van der Waals surface area contributed by atoms with Crippen molar-refractivity contribution in [2.75, 3.05) is 0 Å². The predicted molar refractivity (Wildman–Crippen MR) is 74.3 cm³/mol. The molecule has 0 unspecified atom stereocenters. The van der Waals surface area contributed by atoms with Crippen LogP contribution in [0.5, 0.6) is 0 Å². The third-order valence-corrected chi connectivity index (χ3v) is 4.04. The molecule has 0 aromatic carbocycles. The Labute approximate surface area is 111 Å². The standard InChI is InChI=1S/C12H10BrN3S/c1-2-7-3-4-17-10(7)12-15-9-5-8(13)6-14-11(9)16-12/h3-6H,2H2,1H3,(H,14,15,16). The first-order chi connectivity index (χ1) is 8.28. The van der Waals surface area contributed by atoms with Crippen LogP contribution in [0.1, 0.15) is 12.5 Å². The van der Waals surface area contributed by atoms with Crippen molar-refractivity contribution in [3.63, 3.8) is 0 Å². The number of aryl methyl sites for hydroxylation is 1. The number of hydrogen-bond acceptors (Lipinski definition) is 3. The Hall–Kier alpha value is -1.20. The molecule has 3 aromatic heterocycles. The van der Waals surface area contributed by atoms with Gasteiger partial charge >= 0.3 is 0 Å². The Bertz CT molecular complexity index is 671. The van der Waals surface area contributed by atoms with E-state index in [0.717, 1.165) is 27.9 Å². The van der Waals surface area contributed by atoms with Crippen LogP contribution in [0.25, 0.3) is 21.9 Å². The van der Waals surface area contributed by atoms with Gasteiger partial charge in [0.1, 0.15) is 0 Å². The first kappa shape index (κ1) is 10.9. The van der Waals surface area contributed by atoms with E-state index in [1.165, 1.54) is 10.4 Å². The Balaban J connectivity index is 2.18. The largest absolute Gasteiger partial charge is 0.336 e. The maximum atomic E-state index is 4.53. The van der Waals surface area contributed by atoms with Crippen molar-refractivity contribution in [1.29, 1.82) is 0 Å². The van der Waals surface area contributed by atoms with Crippen molar-refractivity contribution in [2.45, 2.75) is 13.3 Å². The molecule has 0 saturated carbocycles. The summed E-state index contributed by atoms with van der Waals surface area (Å²) in [4.78, 5) is 13.3. The fourth-order valence-corrected chi connectivity index (χ4v) is 3.08. The topological polar surface area (TPSA) is 41.6 Å². The second-order valence-electron chi connectivity index (χ2n) is 3.74. The summed E-state index contributed by atoms with van der Waals surface area (Å²) >= 11 is 5.12. The van der Waals surface area contributed by atoms with Gasteiger partial charge in [-0.1, -0.05) is 6.92 Å². The number of imidazole rings is 1. The van der Waals surface area contributed by atoms with Gasteiger partial charge in [0.15, 0.2) is 11.5 Å². The van der Waals surface area contributed by atoms with Crippen molar-refractivity contribution in [2.24, 2.45) is 0 Å². The summed E-state index contributed by atoms with van der Waals surface area (Å²) in [7, 11) is 0. The fourth-order valence-electron chi connectivity index (χ4n) is 1.80. The molecule has 0 fully saturated rings. The van der Waals surface area contributed by atoms with Gasteiger partial charge in [0.05, 0.1) is 10.4 Å². The molecule has 3 heterocycles. The summed E-state index contributed by atoms with van der Waals surface area (Å²) in [6.07, 6.45) is 2.79. The van der Waals surface area contributed by atoms with E-state index >= 15 is 0 Å². The molecule has 3 aromatic rings. The summed E-state index contributed by atoms with van der Waals surface area (Å²) < 4.78 is 0.960. The molecular weight excluding hydrogens is 298 g/mol. The number of nitrogens with one attached hydrogen (secondary N) is 1. The summed E-state index contributed by atoms with van der Waals surface area (Å²) in [5.41, 5.74) is 3.05. The van der Waals surface area contributed by atoms with Crippen molar-refractivity contribution >= 4 is 38.4 Å². The molecule has 1 N–H and O–H groups in total. The van der Waals surface area contributed by atoms with Crippen LogP contribution < -0.4 is 0 Å². The van der Waals surface area contributed by atoms with Gasteiger partial charge in [0.25, 0.3) is 0 Å². The molecule has 0 saturated heterocycles. The van der Waals surface area contributed by atoms with Crippen LogP contribution >= 0.6 is 27.3 Å². The quantitative estimate of drug-likeness (QED) is 0.777. The summed E-state index contributed by atoms with van der Waals surface area (Å²) in [6.45, 7) is 2.16. The Kier molecular flexibility index (Phi) is 2.72. The molecule has 0 bridgehead atoms. The van der Waals surface area contributed by atoms with E-state index in [4.69, 9.17) is 0 Å². The van der Waals surface area contributed by atoms with Crippen molar-refractivity contribution in [3.8, 4) is 10.7 Å². The molecule has 0 spiro atoms. The van der Waals surface area contributed by atoms with Gasteiger partial charge in [0, 0.05) is 10.7 Å². The monoisotopic (exact) mass is 307 g/mol. The van der Waals surface area contributed by atoms with Crippen LogP contribution in [0.4, 0.5) is 0 Å². The van der Waals surface area contributed by atoms with E-state index in [0.29, 0.717) is 0 Å². The number of halogens is 1. The zero-order valence-electron chi connectivity index (χ0n) is 9.20.